The highest BCUT2D eigenvalue weighted by molar-refractivity contribution is 6.50. The second-order valence-corrected chi connectivity index (χ2v) is 6.34. The number of allylic oxidation sites excluding steroid dienone is 1. The molecule has 0 spiro atoms. The van der Waals surface area contributed by atoms with E-state index in [-0.39, 0.29) is 5.91 Å². The van der Waals surface area contributed by atoms with Crippen molar-refractivity contribution in [3.8, 4) is 0 Å². The van der Waals surface area contributed by atoms with E-state index in [4.69, 9.17) is 9.47 Å². The van der Waals surface area contributed by atoms with Gasteiger partial charge in [-0.1, -0.05) is 18.2 Å². The molecule has 0 aromatic heterocycles. The number of ether oxygens (including phenoxy) is 2. The Labute approximate surface area is 149 Å². The highest BCUT2D eigenvalue weighted by atomic mass is 19.5. The number of rotatable bonds is 3. The van der Waals surface area contributed by atoms with Crippen molar-refractivity contribution in [2.75, 3.05) is 0 Å². The Morgan fingerprint density at radius 1 is 1.04 bits per heavy atom. The van der Waals surface area contributed by atoms with Crippen LogP contribution >= 0.6 is 0 Å². The number of hydrogen-bond donors (Lipinski definition) is 2. The van der Waals surface area contributed by atoms with Crippen molar-refractivity contribution in [2.24, 2.45) is 0 Å². The summed E-state index contributed by atoms with van der Waals surface area (Å²) in [6.45, 7) is 7.88. The van der Waals surface area contributed by atoms with Crippen molar-refractivity contribution in [1.82, 2.24) is 5.43 Å². The summed E-state index contributed by atoms with van der Waals surface area (Å²) in [5.74, 6) is 0.214. The summed E-state index contributed by atoms with van der Waals surface area (Å²) < 4.78 is 50.4. The van der Waals surface area contributed by atoms with Crippen molar-refractivity contribution >= 4 is 19.4 Å². The number of halogens is 4. The van der Waals surface area contributed by atoms with Gasteiger partial charge in [0, 0.05) is 5.56 Å². The van der Waals surface area contributed by atoms with Crippen molar-refractivity contribution in [1.29, 1.82) is 0 Å². The summed E-state index contributed by atoms with van der Waals surface area (Å²) in [6, 6.07) is 8.96. The van der Waals surface area contributed by atoms with Crippen LogP contribution in [0.2, 0.25) is 0 Å². The predicted molar refractivity (Wildman–Crippen MR) is 89.5 cm³/mol. The molecule has 10 heteroatoms. The van der Waals surface area contributed by atoms with E-state index in [1.807, 2.05) is 45.9 Å². The van der Waals surface area contributed by atoms with Crippen LogP contribution in [-0.4, -0.2) is 30.6 Å². The summed E-state index contributed by atoms with van der Waals surface area (Å²) in [5.41, 5.74) is 2.34. The largest absolute Gasteiger partial charge is 0.673 e. The van der Waals surface area contributed by atoms with Gasteiger partial charge in [-0.2, -0.15) is 0 Å². The van der Waals surface area contributed by atoms with Gasteiger partial charge in [-0.3, -0.25) is 4.79 Å². The number of hydrazine groups is 1. The third-order valence-corrected chi connectivity index (χ3v) is 3.69. The lowest BCUT2D eigenvalue weighted by atomic mass is 9.90. The predicted octanol–water partition coefficient (Wildman–Crippen LogP) is 2.23. The molecule has 1 fully saturated rings. The molecule has 0 unspecified atom stereocenters. The minimum absolute atomic E-state index is 0.209. The SMILES string of the molecule is CC1(C)OC(=CC=[NH+]NC(=O)c2ccccc2)OC1(C)C.F[B-](F)(F)F. The molecule has 1 aliphatic heterocycles. The highest BCUT2D eigenvalue weighted by Crippen LogP contribution is 2.39. The Balaban J connectivity index is 0.000000597. The molecular formula is C16H21BF4N2O3. The molecule has 1 aliphatic rings. The molecule has 1 heterocycles. The fraction of sp³-hybridized carbons (Fsp3) is 0.375. The van der Waals surface area contributed by atoms with E-state index >= 15 is 0 Å². The standard InChI is InChI=1S/C16H20N2O3.BF4/c1-15(2)16(3,4)21-13(20-15)10-11-17-18-14(19)12-8-6-5-7-9-12;2-1(3,4)5/h5-11H,1-4H3,(H,18,19);/q;-1/p+1. The van der Waals surface area contributed by atoms with Crippen molar-refractivity contribution in [2.45, 2.75) is 38.9 Å². The first kappa shape index (κ1) is 21.5. The van der Waals surface area contributed by atoms with Crippen LogP contribution in [0, 0.1) is 0 Å². The molecule has 1 saturated heterocycles. The Morgan fingerprint density at radius 3 is 1.96 bits per heavy atom. The summed E-state index contributed by atoms with van der Waals surface area (Å²) in [5, 5.41) is 2.70. The zero-order valence-corrected chi connectivity index (χ0v) is 14.9. The first-order chi connectivity index (χ1) is 11.8. The third-order valence-electron chi connectivity index (χ3n) is 3.69. The minimum Gasteiger partial charge on any atom is -0.455 e. The van der Waals surface area contributed by atoms with Gasteiger partial charge in [-0.15, -0.1) is 10.5 Å². The fourth-order valence-electron chi connectivity index (χ4n) is 1.72. The van der Waals surface area contributed by atoms with Gasteiger partial charge in [0.2, 0.25) is 0 Å². The second kappa shape index (κ2) is 8.24. The van der Waals surface area contributed by atoms with Crippen LogP contribution in [0.3, 0.4) is 0 Å². The van der Waals surface area contributed by atoms with Gasteiger partial charge in [0.25, 0.3) is 5.95 Å². The van der Waals surface area contributed by atoms with Gasteiger partial charge < -0.3 is 26.7 Å². The molecule has 144 valence electrons. The van der Waals surface area contributed by atoms with Crippen LogP contribution in [0.1, 0.15) is 38.1 Å². The van der Waals surface area contributed by atoms with Crippen LogP contribution in [0.25, 0.3) is 0 Å². The van der Waals surface area contributed by atoms with Gasteiger partial charge in [-0.25, -0.2) is 0 Å². The molecule has 0 bridgehead atoms. The summed E-state index contributed by atoms with van der Waals surface area (Å²) in [4.78, 5) is 11.8. The molecule has 2 N–H and O–H groups in total. The Hall–Kier alpha value is -2.52. The maximum Gasteiger partial charge on any atom is 0.673 e. The number of hydrogen-bond acceptors (Lipinski definition) is 3. The zero-order valence-electron chi connectivity index (χ0n) is 14.9. The fourth-order valence-corrected chi connectivity index (χ4v) is 1.72. The molecule has 5 nitrogen and oxygen atoms in total. The first-order valence-electron chi connectivity index (χ1n) is 7.71. The van der Waals surface area contributed by atoms with Gasteiger partial charge in [0.1, 0.15) is 11.2 Å². The van der Waals surface area contributed by atoms with E-state index in [1.54, 1.807) is 24.4 Å². The number of nitrogens with one attached hydrogen (secondary N) is 2. The summed E-state index contributed by atoms with van der Waals surface area (Å²) >= 11 is 0. The maximum absolute atomic E-state index is 11.8. The average molecular weight is 376 g/mol. The number of carbonyl (C=O) groups excluding carboxylic acids is 1. The van der Waals surface area contributed by atoms with Crippen molar-refractivity contribution in [3.63, 3.8) is 0 Å². The van der Waals surface area contributed by atoms with Crippen LogP contribution in [0.15, 0.2) is 42.4 Å². The van der Waals surface area contributed by atoms with Crippen LogP contribution in [0.4, 0.5) is 17.3 Å². The Morgan fingerprint density at radius 2 is 1.50 bits per heavy atom. The van der Waals surface area contributed by atoms with E-state index < -0.39 is 18.5 Å². The number of hydrazone groups is 1. The molecular weight excluding hydrogens is 355 g/mol. The maximum atomic E-state index is 11.8. The van der Waals surface area contributed by atoms with E-state index in [2.05, 4.69) is 10.5 Å². The molecule has 1 aromatic rings. The van der Waals surface area contributed by atoms with Crippen LogP contribution in [0.5, 0.6) is 0 Å². The smallest absolute Gasteiger partial charge is 0.455 e. The first-order valence-corrected chi connectivity index (χ1v) is 7.71. The minimum atomic E-state index is -6.00. The number of benzene rings is 1. The summed E-state index contributed by atoms with van der Waals surface area (Å²) in [7, 11) is -6.00. The number of carbonyl (C=O) groups is 1. The normalized spacial score (nSPS) is 17.6. The topological polar surface area (TPSA) is 61.5 Å². The molecule has 1 amide bonds. The molecule has 26 heavy (non-hydrogen) atoms. The van der Waals surface area contributed by atoms with Crippen LogP contribution < -0.4 is 10.5 Å². The Kier molecular flexibility index (Phi) is 6.82. The molecule has 0 radical (unpaired) electrons. The molecule has 0 atom stereocenters. The van der Waals surface area contributed by atoms with Gasteiger partial charge >= 0.3 is 13.2 Å². The van der Waals surface area contributed by atoms with E-state index in [0.717, 1.165) is 0 Å². The van der Waals surface area contributed by atoms with E-state index in [1.165, 1.54) is 0 Å². The highest BCUT2D eigenvalue weighted by Gasteiger charge is 2.48. The Bertz CT molecular complexity index is 650. The van der Waals surface area contributed by atoms with Gasteiger partial charge in [0.15, 0.2) is 6.21 Å². The molecule has 0 saturated carbocycles. The second-order valence-electron chi connectivity index (χ2n) is 6.34. The van der Waals surface area contributed by atoms with Gasteiger partial charge in [0.05, 0.1) is 6.08 Å². The molecule has 2 rings (SSSR count). The third kappa shape index (κ3) is 7.16. The zero-order chi connectivity index (χ0) is 20.0. The summed E-state index contributed by atoms with van der Waals surface area (Å²) in [6.07, 6.45) is 3.20. The number of amides is 1. The lowest BCUT2D eigenvalue weighted by molar-refractivity contribution is -0.502. The molecule has 1 aromatic carbocycles. The quantitative estimate of drug-likeness (QED) is 0.368. The lowest BCUT2D eigenvalue weighted by Gasteiger charge is -2.28. The van der Waals surface area contributed by atoms with E-state index in [9.17, 15) is 22.1 Å². The van der Waals surface area contributed by atoms with Crippen molar-refractivity contribution < 1.29 is 36.6 Å². The van der Waals surface area contributed by atoms with E-state index in [0.29, 0.717) is 11.5 Å². The lowest BCUT2D eigenvalue weighted by Crippen LogP contribution is -2.81. The van der Waals surface area contributed by atoms with Gasteiger partial charge in [-0.05, 0) is 39.8 Å². The van der Waals surface area contributed by atoms with Crippen LogP contribution in [-0.2, 0) is 9.47 Å². The van der Waals surface area contributed by atoms with Crippen molar-refractivity contribution in [3.05, 3.63) is 47.9 Å². The molecule has 0 aliphatic carbocycles. The monoisotopic (exact) mass is 376 g/mol. The average Bonchev–Trinajstić information content (AvgIpc) is 2.70.